The molecule has 0 aromatic heterocycles. The molecular formula is C20H17NO2. The largest absolute Gasteiger partial charge is 0.420 e. The molecule has 0 spiro atoms. The van der Waals surface area contributed by atoms with Crippen molar-refractivity contribution in [2.24, 2.45) is 0 Å². The first-order chi connectivity index (χ1) is 11.2. The molecule has 1 heterocycles. The van der Waals surface area contributed by atoms with Crippen molar-refractivity contribution in [3.8, 4) is 5.75 Å². The van der Waals surface area contributed by atoms with Crippen molar-refractivity contribution in [2.45, 2.75) is 13.0 Å². The summed E-state index contributed by atoms with van der Waals surface area (Å²) in [6.07, 6.45) is 3.54. The third-order valence-electron chi connectivity index (χ3n) is 3.80. The number of para-hydroxylation sites is 2. The van der Waals surface area contributed by atoms with Gasteiger partial charge >= 0.3 is 6.09 Å². The monoisotopic (exact) mass is 303 g/mol. The standard InChI is InChI=1S/C20H17NO2/c1-3-15(2)18-14-13-16-9-7-8-12-19(16)21(18)20(22)23-17-10-5-4-6-11-17/h4-14,18H,1H2,2H3. The molecular weight excluding hydrogens is 286 g/mol. The van der Waals surface area contributed by atoms with E-state index in [-0.39, 0.29) is 6.04 Å². The molecule has 0 fully saturated rings. The number of nitrogens with zero attached hydrogens (tertiary/aromatic N) is 1. The van der Waals surface area contributed by atoms with Crippen LogP contribution in [0.2, 0.25) is 0 Å². The van der Waals surface area contributed by atoms with Crippen LogP contribution in [0.4, 0.5) is 10.5 Å². The van der Waals surface area contributed by atoms with E-state index in [1.54, 1.807) is 17.0 Å². The predicted molar refractivity (Wildman–Crippen MR) is 92.5 cm³/mol. The van der Waals surface area contributed by atoms with Crippen molar-refractivity contribution in [2.75, 3.05) is 4.90 Å². The van der Waals surface area contributed by atoms with Gasteiger partial charge in [0.05, 0.1) is 11.7 Å². The summed E-state index contributed by atoms with van der Waals surface area (Å²) in [7, 11) is 0. The summed E-state index contributed by atoms with van der Waals surface area (Å²) < 4.78 is 5.53. The topological polar surface area (TPSA) is 29.5 Å². The highest BCUT2D eigenvalue weighted by Crippen LogP contribution is 2.32. The lowest BCUT2D eigenvalue weighted by molar-refractivity contribution is 0.206. The Hall–Kier alpha value is -3.03. The van der Waals surface area contributed by atoms with Gasteiger partial charge in [-0.1, -0.05) is 55.1 Å². The number of hydrogen-bond donors (Lipinski definition) is 0. The van der Waals surface area contributed by atoms with Crippen LogP contribution in [-0.4, -0.2) is 12.1 Å². The molecule has 3 nitrogen and oxygen atoms in total. The quantitative estimate of drug-likeness (QED) is 0.744. The number of benzene rings is 2. The number of carbonyl (C=O) groups excluding carboxylic acids is 1. The van der Waals surface area contributed by atoms with Gasteiger partial charge in [-0.25, -0.2) is 4.79 Å². The molecule has 0 bridgehead atoms. The molecule has 0 aliphatic carbocycles. The molecule has 0 radical (unpaired) electrons. The minimum Gasteiger partial charge on any atom is -0.410 e. The first kappa shape index (κ1) is 14.9. The Morgan fingerprint density at radius 1 is 1.13 bits per heavy atom. The molecule has 1 aliphatic heterocycles. The van der Waals surface area contributed by atoms with Gasteiger partial charge in [0.15, 0.2) is 0 Å². The summed E-state index contributed by atoms with van der Waals surface area (Å²) in [5, 5.41) is 0. The molecule has 23 heavy (non-hydrogen) atoms. The minimum absolute atomic E-state index is 0.251. The van der Waals surface area contributed by atoms with Crippen LogP contribution >= 0.6 is 0 Å². The second kappa shape index (κ2) is 6.39. The van der Waals surface area contributed by atoms with Crippen molar-refractivity contribution >= 4 is 17.9 Å². The van der Waals surface area contributed by atoms with Gasteiger partial charge in [0.1, 0.15) is 5.75 Å². The second-order valence-electron chi connectivity index (χ2n) is 5.27. The van der Waals surface area contributed by atoms with Gasteiger partial charge in [-0.15, -0.1) is 5.73 Å². The van der Waals surface area contributed by atoms with E-state index in [2.05, 4.69) is 12.3 Å². The number of anilines is 1. The van der Waals surface area contributed by atoms with Crippen LogP contribution < -0.4 is 9.64 Å². The molecule has 1 unspecified atom stereocenters. The van der Waals surface area contributed by atoms with Crippen molar-refractivity contribution in [1.29, 1.82) is 0 Å². The third kappa shape index (κ3) is 2.96. The van der Waals surface area contributed by atoms with Crippen LogP contribution in [0, 0.1) is 0 Å². The summed E-state index contributed by atoms with van der Waals surface area (Å²) in [4.78, 5) is 14.4. The summed E-state index contributed by atoms with van der Waals surface area (Å²) >= 11 is 0. The Morgan fingerprint density at radius 3 is 2.57 bits per heavy atom. The van der Waals surface area contributed by atoms with E-state index in [4.69, 9.17) is 4.74 Å². The maximum Gasteiger partial charge on any atom is 0.420 e. The molecule has 1 atom stereocenters. The fourth-order valence-corrected chi connectivity index (χ4v) is 2.57. The van der Waals surface area contributed by atoms with Crippen LogP contribution in [0.25, 0.3) is 6.08 Å². The van der Waals surface area contributed by atoms with Crippen molar-refractivity contribution in [3.63, 3.8) is 0 Å². The highest BCUT2D eigenvalue weighted by molar-refractivity contribution is 5.95. The van der Waals surface area contributed by atoms with E-state index >= 15 is 0 Å². The maximum atomic E-state index is 12.8. The van der Waals surface area contributed by atoms with Crippen LogP contribution in [0.3, 0.4) is 0 Å². The zero-order valence-corrected chi connectivity index (χ0v) is 12.9. The molecule has 0 saturated carbocycles. The highest BCUT2D eigenvalue weighted by Gasteiger charge is 2.30. The van der Waals surface area contributed by atoms with E-state index in [1.807, 2.05) is 61.5 Å². The van der Waals surface area contributed by atoms with E-state index in [9.17, 15) is 4.79 Å². The zero-order chi connectivity index (χ0) is 16.2. The summed E-state index contributed by atoms with van der Waals surface area (Å²) in [6.45, 7) is 5.60. The Labute approximate surface area is 135 Å². The first-order valence-electron chi connectivity index (χ1n) is 7.40. The van der Waals surface area contributed by atoms with Crippen molar-refractivity contribution < 1.29 is 9.53 Å². The first-order valence-corrected chi connectivity index (χ1v) is 7.40. The number of hydrogen-bond acceptors (Lipinski definition) is 2. The average molecular weight is 303 g/mol. The molecule has 3 heteroatoms. The lowest BCUT2D eigenvalue weighted by Crippen LogP contribution is -2.43. The highest BCUT2D eigenvalue weighted by atomic mass is 16.6. The molecule has 3 rings (SSSR count). The predicted octanol–water partition coefficient (Wildman–Crippen LogP) is 4.82. The van der Waals surface area contributed by atoms with Gasteiger partial charge < -0.3 is 4.74 Å². The van der Waals surface area contributed by atoms with E-state index in [1.165, 1.54) is 0 Å². The van der Waals surface area contributed by atoms with Gasteiger partial charge in [-0.05, 0) is 36.3 Å². The fraction of sp³-hybridized carbons (Fsp3) is 0.100. The molecule has 114 valence electrons. The lowest BCUT2D eigenvalue weighted by Gasteiger charge is -2.33. The van der Waals surface area contributed by atoms with Crippen LogP contribution in [0.5, 0.6) is 5.75 Å². The molecule has 2 aromatic rings. The SMILES string of the molecule is C=C=C(C)C1C=Cc2ccccc2N1C(=O)Oc1ccccc1. The molecule has 0 N–H and O–H groups in total. The third-order valence-corrected chi connectivity index (χ3v) is 3.80. The number of fused-ring (bicyclic) bond motifs is 1. The summed E-state index contributed by atoms with van der Waals surface area (Å²) in [5.74, 6) is 0.517. The number of rotatable bonds is 2. The van der Waals surface area contributed by atoms with Gasteiger partial charge in [-0.3, -0.25) is 4.90 Å². The van der Waals surface area contributed by atoms with E-state index in [0.717, 1.165) is 16.8 Å². The summed E-state index contributed by atoms with van der Waals surface area (Å²) in [6, 6.07) is 16.5. The molecule has 1 amide bonds. The van der Waals surface area contributed by atoms with Gasteiger partial charge in [0.2, 0.25) is 0 Å². The Kier molecular flexibility index (Phi) is 4.13. The Morgan fingerprint density at radius 2 is 1.83 bits per heavy atom. The van der Waals surface area contributed by atoms with Crippen LogP contribution in [-0.2, 0) is 0 Å². The van der Waals surface area contributed by atoms with E-state index < -0.39 is 6.09 Å². The van der Waals surface area contributed by atoms with Gasteiger partial charge in [0, 0.05) is 0 Å². The van der Waals surface area contributed by atoms with E-state index in [0.29, 0.717) is 5.75 Å². The van der Waals surface area contributed by atoms with Crippen LogP contribution in [0.1, 0.15) is 12.5 Å². The normalized spacial score (nSPS) is 15.5. The van der Waals surface area contributed by atoms with Gasteiger partial charge in [-0.2, -0.15) is 0 Å². The number of ether oxygens (including phenoxy) is 1. The zero-order valence-electron chi connectivity index (χ0n) is 12.9. The fourth-order valence-electron chi connectivity index (χ4n) is 2.57. The summed E-state index contributed by atoms with van der Waals surface area (Å²) in [5.41, 5.74) is 5.53. The molecule has 2 aromatic carbocycles. The van der Waals surface area contributed by atoms with Crippen molar-refractivity contribution in [3.05, 3.63) is 84.1 Å². The minimum atomic E-state index is -0.424. The second-order valence-corrected chi connectivity index (χ2v) is 5.27. The van der Waals surface area contributed by atoms with Crippen molar-refractivity contribution in [1.82, 2.24) is 0 Å². The number of carbonyl (C=O) groups is 1. The van der Waals surface area contributed by atoms with Gasteiger partial charge in [0.25, 0.3) is 0 Å². The number of amides is 1. The lowest BCUT2D eigenvalue weighted by atomic mass is 9.99. The Bertz CT molecular complexity index is 801. The molecule has 0 saturated heterocycles. The maximum absolute atomic E-state index is 12.8. The smallest absolute Gasteiger partial charge is 0.410 e. The Balaban J connectivity index is 1.99. The molecule has 1 aliphatic rings. The average Bonchev–Trinajstić information content (AvgIpc) is 2.60. The van der Waals surface area contributed by atoms with Crippen LogP contribution in [0.15, 0.2) is 78.6 Å².